The molecule has 4 aromatic rings. The van der Waals surface area contributed by atoms with E-state index >= 15 is 0 Å². The van der Waals surface area contributed by atoms with Gasteiger partial charge in [-0.15, -0.1) is 15.8 Å². The number of hydrogen-bond acceptors (Lipinski definition) is 0. The predicted octanol–water partition coefficient (Wildman–Crippen LogP) is 4.22. The van der Waals surface area contributed by atoms with E-state index in [2.05, 4.69) is 64.3 Å². The van der Waals surface area contributed by atoms with Crippen molar-refractivity contribution in [3.63, 3.8) is 0 Å². The number of hydrogen-bond donors (Lipinski definition) is 0. The molecule has 0 saturated carbocycles. The summed E-state index contributed by atoms with van der Waals surface area (Å²) in [5.74, 6) is 0. The lowest BCUT2D eigenvalue weighted by Crippen LogP contribution is -2.36. The normalized spacial score (nSPS) is 9.79. The zero-order chi connectivity index (χ0) is 19.6. The van der Waals surface area contributed by atoms with Crippen LogP contribution in [0.15, 0.2) is 121 Å². The molecule has 4 aromatic carbocycles. The van der Waals surface area contributed by atoms with Gasteiger partial charge in [-0.1, -0.05) is 143 Å². The van der Waals surface area contributed by atoms with E-state index in [0.717, 1.165) is 10.9 Å². The van der Waals surface area contributed by atoms with Gasteiger partial charge in [-0.2, -0.15) is 11.5 Å². The summed E-state index contributed by atoms with van der Waals surface area (Å²) in [7, 11) is 0. The van der Waals surface area contributed by atoms with Crippen LogP contribution in [0.5, 0.6) is 0 Å². The molecule has 0 saturated heterocycles. The van der Waals surface area contributed by atoms with Crippen LogP contribution in [0.1, 0.15) is 0 Å². The highest BCUT2D eigenvalue weighted by Gasteiger charge is 2.15. The highest BCUT2D eigenvalue weighted by molar-refractivity contribution is 9.25. The highest BCUT2D eigenvalue weighted by Crippen LogP contribution is 1.98. The van der Waals surface area contributed by atoms with E-state index in [1.807, 2.05) is 72.8 Å². The first-order valence-electron chi connectivity index (χ1n) is 9.23. The Kier molecular flexibility index (Phi) is 8.02. The summed E-state index contributed by atoms with van der Waals surface area (Å²) >= 11 is 10.0. The van der Waals surface area contributed by atoms with Crippen molar-refractivity contribution >= 4 is 60.7 Å². The molecule has 0 unspecified atom stereocenters. The molecule has 0 aliphatic rings. The monoisotopic (exact) mass is 444 g/mol. The Morgan fingerprint density at radius 1 is 0.429 bits per heavy atom. The largest absolute Gasteiger partial charge is 0.315 e. The van der Waals surface area contributed by atoms with Crippen LogP contribution >= 0.6 is 27.2 Å². The van der Waals surface area contributed by atoms with Gasteiger partial charge in [-0.05, 0) is 0 Å². The molecule has 0 aliphatic heterocycles. The quantitative estimate of drug-likeness (QED) is 0.413. The Morgan fingerprint density at radius 2 is 0.679 bits per heavy atom. The second-order valence-corrected chi connectivity index (χ2v) is 7.72. The van der Waals surface area contributed by atoms with Crippen molar-refractivity contribution in [3.8, 4) is 0 Å². The zero-order valence-electron chi connectivity index (χ0n) is 15.5. The summed E-state index contributed by atoms with van der Waals surface area (Å²) in [6.45, 7) is 0. The summed E-state index contributed by atoms with van der Waals surface area (Å²) in [5, 5.41) is 0. The molecule has 0 amide bonds. The van der Waals surface area contributed by atoms with E-state index in [1.54, 1.807) is 0 Å². The van der Waals surface area contributed by atoms with E-state index in [9.17, 15) is 0 Å². The van der Waals surface area contributed by atoms with Gasteiger partial charge in [0, 0.05) is 0 Å². The van der Waals surface area contributed by atoms with Gasteiger partial charge in [-0.25, -0.2) is 0 Å². The Labute approximate surface area is 181 Å². The van der Waals surface area contributed by atoms with Gasteiger partial charge >= 0.3 is 6.13 Å². The molecular formula is C24H20B2BrCl. The lowest BCUT2D eigenvalue weighted by molar-refractivity contribution is 1.74. The molecule has 0 aliphatic carbocycles. The standard InChI is InChI=1S/C12H10BBr.C12H10BCl/c2*14-13(11-7-3-1-4-8-11)12-9-5-2-6-10-12/h2*1-10H. The lowest BCUT2D eigenvalue weighted by Gasteiger charge is -2.06. The molecule has 28 heavy (non-hydrogen) atoms. The van der Waals surface area contributed by atoms with Gasteiger partial charge in [0.1, 0.15) is 0 Å². The molecule has 0 N–H and O–H groups in total. The van der Waals surface area contributed by atoms with Gasteiger partial charge in [0.25, 0.3) is 5.54 Å². The van der Waals surface area contributed by atoms with Gasteiger partial charge in [0.05, 0.1) is 0 Å². The van der Waals surface area contributed by atoms with Crippen LogP contribution in [-0.2, 0) is 0 Å². The fraction of sp³-hybridized carbons (Fsp3) is 0. The van der Waals surface area contributed by atoms with Crippen molar-refractivity contribution < 1.29 is 0 Å². The molecule has 0 nitrogen and oxygen atoms in total. The minimum Gasteiger partial charge on any atom is -0.182 e. The molecule has 0 spiro atoms. The molecule has 0 radical (unpaired) electrons. The van der Waals surface area contributed by atoms with Crippen molar-refractivity contribution in [1.82, 2.24) is 0 Å². The van der Waals surface area contributed by atoms with Crippen LogP contribution in [0.3, 0.4) is 0 Å². The number of halogens is 2. The van der Waals surface area contributed by atoms with E-state index in [0.29, 0.717) is 5.54 Å². The summed E-state index contributed by atoms with van der Waals surface area (Å²) in [4.78, 5) is 0. The summed E-state index contributed by atoms with van der Waals surface area (Å²) < 4.78 is 0. The van der Waals surface area contributed by atoms with Crippen LogP contribution < -0.4 is 21.9 Å². The van der Waals surface area contributed by atoms with Crippen LogP contribution in [-0.4, -0.2) is 11.7 Å². The first kappa shape index (κ1) is 20.5. The van der Waals surface area contributed by atoms with Gasteiger partial charge in [0.15, 0.2) is 0 Å². The number of benzene rings is 4. The fourth-order valence-electron chi connectivity index (χ4n) is 2.87. The molecule has 136 valence electrons. The summed E-state index contributed by atoms with van der Waals surface area (Å²) in [5.41, 5.74) is 5.16. The van der Waals surface area contributed by atoms with Crippen molar-refractivity contribution in [2.75, 3.05) is 0 Å². The van der Waals surface area contributed by atoms with E-state index < -0.39 is 0 Å². The SMILES string of the molecule is BrB(c1ccccc1)c1ccccc1.ClB(c1ccccc1)c1ccccc1. The maximum atomic E-state index is 6.33. The third-order valence-electron chi connectivity index (χ3n) is 4.37. The molecule has 0 fully saturated rings. The van der Waals surface area contributed by atoms with Gasteiger partial charge in [0.2, 0.25) is 0 Å². The molecule has 0 heterocycles. The van der Waals surface area contributed by atoms with Crippen molar-refractivity contribution in [2.24, 2.45) is 0 Å². The van der Waals surface area contributed by atoms with E-state index in [1.165, 1.54) is 10.9 Å². The smallest absolute Gasteiger partial charge is 0.182 e. The first-order chi connectivity index (χ1) is 13.8. The molecule has 0 bridgehead atoms. The van der Waals surface area contributed by atoms with Crippen LogP contribution in [0.4, 0.5) is 0 Å². The van der Waals surface area contributed by atoms with Gasteiger partial charge < -0.3 is 0 Å². The Balaban J connectivity index is 0.000000161. The first-order valence-corrected chi connectivity index (χ1v) is 10.6. The van der Waals surface area contributed by atoms with Crippen LogP contribution in [0.2, 0.25) is 0 Å². The maximum absolute atomic E-state index is 6.33. The maximum Gasteiger partial charge on any atom is 0.315 e. The lowest BCUT2D eigenvalue weighted by atomic mass is 9.62. The van der Waals surface area contributed by atoms with Crippen LogP contribution in [0, 0.1) is 0 Å². The predicted molar refractivity (Wildman–Crippen MR) is 131 cm³/mol. The average molecular weight is 445 g/mol. The van der Waals surface area contributed by atoms with Crippen molar-refractivity contribution in [3.05, 3.63) is 121 Å². The summed E-state index contributed by atoms with van der Waals surface area (Å²) in [6.07, 6.45) is -0.0441. The number of rotatable bonds is 4. The van der Waals surface area contributed by atoms with Crippen molar-refractivity contribution in [1.29, 1.82) is 0 Å². The Morgan fingerprint density at radius 3 is 0.964 bits per heavy atom. The average Bonchev–Trinajstić information content (AvgIpc) is 2.81. The molecule has 4 heteroatoms. The highest BCUT2D eigenvalue weighted by atomic mass is 79.9. The van der Waals surface area contributed by atoms with E-state index in [4.69, 9.17) is 11.5 Å². The molecule has 0 aromatic heterocycles. The fourth-order valence-corrected chi connectivity index (χ4v) is 3.77. The van der Waals surface area contributed by atoms with Crippen molar-refractivity contribution in [2.45, 2.75) is 0 Å². The third-order valence-corrected chi connectivity index (χ3v) is 5.93. The molecule has 4 rings (SSSR count). The minimum absolute atomic E-state index is 0.0441. The zero-order valence-corrected chi connectivity index (χ0v) is 17.8. The molecule has 0 atom stereocenters. The minimum atomic E-state index is -0.0441. The van der Waals surface area contributed by atoms with Gasteiger partial charge in [-0.3, -0.25) is 0 Å². The second kappa shape index (κ2) is 10.9. The van der Waals surface area contributed by atoms with Crippen LogP contribution in [0.25, 0.3) is 0 Å². The summed E-state index contributed by atoms with van der Waals surface area (Å²) in [6, 6.07) is 41.1. The second-order valence-electron chi connectivity index (χ2n) is 6.37. The third kappa shape index (κ3) is 5.89. The Bertz CT molecular complexity index is 775. The molecular weight excluding hydrogens is 425 g/mol. The van der Waals surface area contributed by atoms with E-state index in [-0.39, 0.29) is 6.13 Å². The Hall–Kier alpha value is -2.22. The topological polar surface area (TPSA) is 0 Å².